The number of hydrogen-bond acceptors (Lipinski definition) is 4. The van der Waals surface area contributed by atoms with Crippen molar-refractivity contribution in [2.75, 3.05) is 26.3 Å². The first kappa shape index (κ1) is 9.89. The Hall–Kier alpha value is -0.650. The van der Waals surface area contributed by atoms with E-state index in [-0.39, 0.29) is 12.0 Å². The molecule has 14 heavy (non-hydrogen) atoms. The van der Waals surface area contributed by atoms with Gasteiger partial charge in [0, 0.05) is 6.54 Å². The molecule has 2 rings (SSSR count). The predicted octanol–water partition coefficient (Wildman–Crippen LogP) is -0.847. The van der Waals surface area contributed by atoms with Gasteiger partial charge in [-0.2, -0.15) is 0 Å². The number of carboxylic acid groups (broad SMARTS) is 1. The molecule has 80 valence electrons. The molecule has 0 spiro atoms. The maximum absolute atomic E-state index is 10.7. The predicted molar refractivity (Wildman–Crippen MR) is 47.9 cm³/mol. The van der Waals surface area contributed by atoms with Gasteiger partial charge in [-0.25, -0.2) is 0 Å². The molecule has 0 bridgehead atoms. The van der Waals surface area contributed by atoms with Crippen molar-refractivity contribution in [3.63, 3.8) is 0 Å². The van der Waals surface area contributed by atoms with Crippen molar-refractivity contribution in [3.8, 4) is 0 Å². The SMILES string of the molecule is O=C(O)C1CCN(C2COCC2O)C1. The molecule has 0 radical (unpaired) electrons. The van der Waals surface area contributed by atoms with E-state index in [2.05, 4.69) is 0 Å². The van der Waals surface area contributed by atoms with Crippen LogP contribution >= 0.6 is 0 Å². The molecule has 0 aliphatic carbocycles. The Balaban J connectivity index is 1.91. The summed E-state index contributed by atoms with van der Waals surface area (Å²) >= 11 is 0. The highest BCUT2D eigenvalue weighted by atomic mass is 16.5. The topological polar surface area (TPSA) is 70.0 Å². The van der Waals surface area contributed by atoms with Crippen molar-refractivity contribution in [3.05, 3.63) is 0 Å². The first-order valence-electron chi connectivity index (χ1n) is 4.91. The molecule has 5 heteroatoms. The van der Waals surface area contributed by atoms with Gasteiger partial charge >= 0.3 is 5.97 Å². The Morgan fingerprint density at radius 3 is 2.71 bits per heavy atom. The fourth-order valence-corrected chi connectivity index (χ4v) is 2.17. The molecule has 0 saturated carbocycles. The molecular formula is C9H15NO4. The minimum absolute atomic E-state index is 0.000602. The van der Waals surface area contributed by atoms with Crippen LogP contribution in [0.15, 0.2) is 0 Å². The third-order valence-electron chi connectivity index (χ3n) is 3.06. The van der Waals surface area contributed by atoms with Crippen molar-refractivity contribution >= 4 is 5.97 Å². The summed E-state index contributed by atoms with van der Waals surface area (Å²) in [4.78, 5) is 12.7. The lowest BCUT2D eigenvalue weighted by molar-refractivity contribution is -0.141. The maximum atomic E-state index is 10.7. The van der Waals surface area contributed by atoms with Crippen LogP contribution in [0.3, 0.4) is 0 Å². The number of carboxylic acids is 1. The van der Waals surface area contributed by atoms with Crippen molar-refractivity contribution < 1.29 is 19.7 Å². The summed E-state index contributed by atoms with van der Waals surface area (Å²) in [7, 11) is 0. The highest BCUT2D eigenvalue weighted by Gasteiger charge is 2.37. The molecule has 2 N–H and O–H groups in total. The fraction of sp³-hybridized carbons (Fsp3) is 0.889. The van der Waals surface area contributed by atoms with E-state index in [9.17, 15) is 9.90 Å². The molecule has 0 aromatic heterocycles. The van der Waals surface area contributed by atoms with Crippen LogP contribution in [-0.2, 0) is 9.53 Å². The highest BCUT2D eigenvalue weighted by molar-refractivity contribution is 5.70. The zero-order chi connectivity index (χ0) is 10.1. The average molecular weight is 201 g/mol. The van der Waals surface area contributed by atoms with Gasteiger partial charge < -0.3 is 14.9 Å². The van der Waals surface area contributed by atoms with Gasteiger partial charge in [0.15, 0.2) is 0 Å². The van der Waals surface area contributed by atoms with Gasteiger partial charge in [0.2, 0.25) is 0 Å². The number of likely N-dealkylation sites (tertiary alicyclic amines) is 1. The van der Waals surface area contributed by atoms with E-state index in [1.54, 1.807) is 0 Å². The number of carbonyl (C=O) groups is 1. The van der Waals surface area contributed by atoms with E-state index in [1.807, 2.05) is 4.90 Å². The molecule has 2 heterocycles. The molecule has 3 unspecified atom stereocenters. The van der Waals surface area contributed by atoms with Gasteiger partial charge in [-0.3, -0.25) is 9.69 Å². The second-order valence-corrected chi connectivity index (χ2v) is 3.99. The summed E-state index contributed by atoms with van der Waals surface area (Å²) < 4.78 is 5.14. The number of aliphatic hydroxyl groups is 1. The molecule has 5 nitrogen and oxygen atoms in total. The summed E-state index contributed by atoms with van der Waals surface area (Å²) in [6.45, 7) is 2.19. The summed E-state index contributed by atoms with van der Waals surface area (Å²) in [5.41, 5.74) is 0. The zero-order valence-electron chi connectivity index (χ0n) is 7.93. The summed E-state index contributed by atoms with van der Waals surface area (Å²) in [6, 6.07) is -0.000602. The molecule has 0 amide bonds. The second-order valence-electron chi connectivity index (χ2n) is 3.99. The Kier molecular flexibility index (Phi) is 2.71. The number of aliphatic hydroxyl groups excluding tert-OH is 1. The summed E-state index contributed by atoms with van der Waals surface area (Å²) in [5.74, 6) is -1.01. The van der Waals surface area contributed by atoms with Gasteiger partial charge in [0.05, 0.1) is 31.3 Å². The quantitative estimate of drug-likeness (QED) is 0.609. The van der Waals surface area contributed by atoms with Crippen LogP contribution < -0.4 is 0 Å². The minimum atomic E-state index is -0.735. The Labute approximate surface area is 82.3 Å². The molecule has 2 fully saturated rings. The normalized spacial score (nSPS) is 39.1. The number of rotatable bonds is 2. The summed E-state index contributed by atoms with van der Waals surface area (Å²) in [5, 5.41) is 18.4. The zero-order valence-corrected chi connectivity index (χ0v) is 7.93. The first-order valence-corrected chi connectivity index (χ1v) is 4.91. The lowest BCUT2D eigenvalue weighted by Crippen LogP contribution is -2.41. The number of hydrogen-bond donors (Lipinski definition) is 2. The molecule has 2 aliphatic rings. The Bertz CT molecular complexity index is 233. The standard InChI is InChI=1S/C9H15NO4/c11-8-5-14-4-7(8)10-2-1-6(3-10)9(12)13/h6-8,11H,1-5H2,(H,12,13). The van der Waals surface area contributed by atoms with Gasteiger partial charge in [-0.1, -0.05) is 0 Å². The van der Waals surface area contributed by atoms with Crippen molar-refractivity contribution in [2.45, 2.75) is 18.6 Å². The Morgan fingerprint density at radius 1 is 1.43 bits per heavy atom. The average Bonchev–Trinajstić information content (AvgIpc) is 2.71. The van der Waals surface area contributed by atoms with Crippen LogP contribution in [0.25, 0.3) is 0 Å². The third kappa shape index (κ3) is 1.75. The fourth-order valence-electron chi connectivity index (χ4n) is 2.17. The van der Waals surface area contributed by atoms with Crippen LogP contribution in [0.4, 0.5) is 0 Å². The number of aliphatic carboxylic acids is 1. The largest absolute Gasteiger partial charge is 0.481 e. The molecular weight excluding hydrogens is 186 g/mol. The van der Waals surface area contributed by atoms with E-state index in [4.69, 9.17) is 9.84 Å². The van der Waals surface area contributed by atoms with E-state index >= 15 is 0 Å². The molecule has 0 aromatic rings. The van der Waals surface area contributed by atoms with Gasteiger partial charge in [0.1, 0.15) is 0 Å². The van der Waals surface area contributed by atoms with Gasteiger partial charge in [-0.15, -0.1) is 0 Å². The summed E-state index contributed by atoms with van der Waals surface area (Å²) in [6.07, 6.45) is 0.223. The number of nitrogens with zero attached hydrogens (tertiary/aromatic N) is 1. The molecule has 2 aliphatic heterocycles. The Morgan fingerprint density at radius 2 is 2.21 bits per heavy atom. The van der Waals surface area contributed by atoms with Crippen molar-refractivity contribution in [1.82, 2.24) is 4.90 Å². The van der Waals surface area contributed by atoms with Crippen LogP contribution in [0.2, 0.25) is 0 Å². The van der Waals surface area contributed by atoms with Crippen LogP contribution in [-0.4, -0.2) is 59.5 Å². The smallest absolute Gasteiger partial charge is 0.307 e. The monoisotopic (exact) mass is 201 g/mol. The van der Waals surface area contributed by atoms with E-state index in [1.165, 1.54) is 0 Å². The van der Waals surface area contributed by atoms with Crippen LogP contribution in [0, 0.1) is 5.92 Å². The van der Waals surface area contributed by atoms with E-state index in [0.717, 1.165) is 6.54 Å². The first-order chi connectivity index (χ1) is 6.68. The van der Waals surface area contributed by atoms with Crippen LogP contribution in [0.5, 0.6) is 0 Å². The third-order valence-corrected chi connectivity index (χ3v) is 3.06. The maximum Gasteiger partial charge on any atom is 0.307 e. The van der Waals surface area contributed by atoms with Gasteiger partial charge in [-0.05, 0) is 13.0 Å². The molecule has 3 atom stereocenters. The molecule has 2 saturated heterocycles. The minimum Gasteiger partial charge on any atom is -0.481 e. The highest BCUT2D eigenvalue weighted by Crippen LogP contribution is 2.22. The van der Waals surface area contributed by atoms with E-state index in [0.29, 0.717) is 26.2 Å². The van der Waals surface area contributed by atoms with E-state index < -0.39 is 12.1 Å². The number of ether oxygens (including phenoxy) is 1. The van der Waals surface area contributed by atoms with Crippen molar-refractivity contribution in [1.29, 1.82) is 0 Å². The van der Waals surface area contributed by atoms with Crippen molar-refractivity contribution in [2.24, 2.45) is 5.92 Å². The lowest BCUT2D eigenvalue weighted by atomic mass is 10.1. The second kappa shape index (κ2) is 3.84. The lowest BCUT2D eigenvalue weighted by Gasteiger charge is -2.24. The molecule has 0 aromatic carbocycles. The van der Waals surface area contributed by atoms with Crippen LogP contribution in [0.1, 0.15) is 6.42 Å². The van der Waals surface area contributed by atoms with Gasteiger partial charge in [0.25, 0.3) is 0 Å².